The number of aryl methyl sites for hydroxylation is 1. The summed E-state index contributed by atoms with van der Waals surface area (Å²) in [4.78, 5) is 4.40. The van der Waals surface area contributed by atoms with Crippen molar-refractivity contribution in [1.82, 2.24) is 4.98 Å². The van der Waals surface area contributed by atoms with Gasteiger partial charge in [0, 0.05) is 18.5 Å². The minimum atomic E-state index is -3.67. The van der Waals surface area contributed by atoms with Crippen molar-refractivity contribution in [1.29, 1.82) is 0 Å². The van der Waals surface area contributed by atoms with E-state index < -0.39 is 10.0 Å². The van der Waals surface area contributed by atoms with E-state index in [-0.39, 0.29) is 11.0 Å². The summed E-state index contributed by atoms with van der Waals surface area (Å²) in [6.07, 6.45) is 1.88. The third kappa shape index (κ3) is 4.07. The van der Waals surface area contributed by atoms with Crippen LogP contribution in [0.5, 0.6) is 5.75 Å². The molecule has 8 heteroatoms. The van der Waals surface area contributed by atoms with Crippen molar-refractivity contribution in [3.05, 3.63) is 47.5 Å². The minimum Gasteiger partial charge on any atom is -0.490 e. The first kappa shape index (κ1) is 18.2. The van der Waals surface area contributed by atoms with Crippen molar-refractivity contribution in [3.63, 3.8) is 0 Å². The molecule has 27 heavy (non-hydrogen) atoms. The van der Waals surface area contributed by atoms with Crippen LogP contribution in [0.2, 0.25) is 0 Å². The monoisotopic (exact) mass is 404 g/mol. The molecule has 0 unspecified atom stereocenters. The molecule has 3 aromatic rings. The van der Waals surface area contributed by atoms with Gasteiger partial charge in [-0.3, -0.25) is 4.72 Å². The summed E-state index contributed by atoms with van der Waals surface area (Å²) in [7, 11) is -3.67. The zero-order valence-electron chi connectivity index (χ0n) is 14.8. The number of nitrogens with zero attached hydrogens (tertiary/aromatic N) is 1. The van der Waals surface area contributed by atoms with E-state index in [0.717, 1.165) is 34.4 Å². The second kappa shape index (κ2) is 7.46. The highest BCUT2D eigenvalue weighted by Gasteiger charge is 2.18. The van der Waals surface area contributed by atoms with Crippen LogP contribution in [0.3, 0.4) is 0 Å². The Labute approximate surface area is 162 Å². The number of sulfonamides is 1. The summed E-state index contributed by atoms with van der Waals surface area (Å²) < 4.78 is 40.3. The zero-order chi connectivity index (χ0) is 18.9. The fourth-order valence-corrected chi connectivity index (χ4v) is 4.90. The lowest BCUT2D eigenvalue weighted by Gasteiger charge is -2.24. The Balaban J connectivity index is 1.51. The molecule has 1 N–H and O–H groups in total. The molecule has 6 nitrogen and oxygen atoms in total. The van der Waals surface area contributed by atoms with Crippen molar-refractivity contribution in [2.45, 2.75) is 30.8 Å². The summed E-state index contributed by atoms with van der Waals surface area (Å²) in [5, 5.41) is 0. The van der Waals surface area contributed by atoms with Crippen LogP contribution in [0.4, 0.5) is 5.69 Å². The maximum atomic E-state index is 12.7. The predicted octanol–water partition coefficient (Wildman–Crippen LogP) is 3.96. The van der Waals surface area contributed by atoms with Gasteiger partial charge in [-0.15, -0.1) is 11.3 Å². The molecular weight excluding hydrogens is 384 g/mol. The van der Waals surface area contributed by atoms with E-state index in [9.17, 15) is 8.42 Å². The maximum absolute atomic E-state index is 12.7. The van der Waals surface area contributed by atoms with Crippen LogP contribution in [0.1, 0.15) is 18.4 Å². The van der Waals surface area contributed by atoms with Gasteiger partial charge in [0.25, 0.3) is 10.0 Å². The normalized spacial score (nSPS) is 15.7. The number of nitrogens with one attached hydrogen (secondary N) is 1. The largest absolute Gasteiger partial charge is 0.490 e. The van der Waals surface area contributed by atoms with Gasteiger partial charge in [-0.25, -0.2) is 13.4 Å². The minimum absolute atomic E-state index is 0.145. The highest BCUT2D eigenvalue weighted by molar-refractivity contribution is 7.92. The molecule has 0 aliphatic carbocycles. The smallest absolute Gasteiger partial charge is 0.261 e. The van der Waals surface area contributed by atoms with E-state index in [1.165, 1.54) is 11.3 Å². The average molecular weight is 405 g/mol. The number of ether oxygens (including phenoxy) is 2. The molecule has 1 fully saturated rings. The Morgan fingerprint density at radius 3 is 2.78 bits per heavy atom. The maximum Gasteiger partial charge on any atom is 0.261 e. The van der Waals surface area contributed by atoms with E-state index in [0.29, 0.717) is 18.9 Å². The molecule has 1 aromatic heterocycles. The molecule has 0 spiro atoms. The lowest BCUT2D eigenvalue weighted by molar-refractivity contribution is 0.0253. The number of aromatic nitrogens is 1. The third-order valence-electron chi connectivity index (χ3n) is 4.50. The van der Waals surface area contributed by atoms with Gasteiger partial charge in [-0.2, -0.15) is 0 Å². The standard InChI is InChI=1S/C19H20N2O4S2/c1-13-10-14(2-5-18(13)25-15-6-8-24-9-7-15)21-27(22,23)16-3-4-17-19(11-16)26-12-20-17/h2-5,10-12,15,21H,6-9H2,1H3. The van der Waals surface area contributed by atoms with Crippen molar-refractivity contribution in [2.75, 3.05) is 17.9 Å². The first-order valence-electron chi connectivity index (χ1n) is 8.72. The van der Waals surface area contributed by atoms with Gasteiger partial charge in [0.05, 0.1) is 33.8 Å². The van der Waals surface area contributed by atoms with Crippen LogP contribution in [0.15, 0.2) is 46.8 Å². The lowest BCUT2D eigenvalue weighted by Crippen LogP contribution is -2.26. The van der Waals surface area contributed by atoms with E-state index >= 15 is 0 Å². The van der Waals surface area contributed by atoms with Crippen molar-refractivity contribution in [2.24, 2.45) is 0 Å². The highest BCUT2D eigenvalue weighted by atomic mass is 32.2. The molecule has 142 valence electrons. The molecule has 0 radical (unpaired) electrons. The molecule has 0 saturated carbocycles. The molecule has 0 bridgehead atoms. The fourth-order valence-electron chi connectivity index (χ4n) is 3.04. The zero-order valence-corrected chi connectivity index (χ0v) is 16.5. The summed E-state index contributed by atoms with van der Waals surface area (Å²) in [5.41, 5.74) is 3.90. The van der Waals surface area contributed by atoms with Crippen LogP contribution >= 0.6 is 11.3 Å². The van der Waals surface area contributed by atoms with Crippen LogP contribution in [-0.4, -0.2) is 32.7 Å². The van der Waals surface area contributed by atoms with E-state index in [4.69, 9.17) is 9.47 Å². The predicted molar refractivity (Wildman–Crippen MR) is 106 cm³/mol. The van der Waals surface area contributed by atoms with Crippen molar-refractivity contribution >= 4 is 37.3 Å². The number of hydrogen-bond donors (Lipinski definition) is 1. The molecule has 1 saturated heterocycles. The number of hydrogen-bond acceptors (Lipinski definition) is 6. The molecule has 4 rings (SSSR count). The highest BCUT2D eigenvalue weighted by Crippen LogP contribution is 2.27. The van der Waals surface area contributed by atoms with Gasteiger partial charge in [0.1, 0.15) is 11.9 Å². The summed E-state index contributed by atoms with van der Waals surface area (Å²) in [6, 6.07) is 10.3. The average Bonchev–Trinajstić information content (AvgIpc) is 3.12. The van der Waals surface area contributed by atoms with Gasteiger partial charge < -0.3 is 9.47 Å². The molecule has 0 amide bonds. The Hall–Kier alpha value is -2.16. The first-order valence-corrected chi connectivity index (χ1v) is 11.1. The second-order valence-corrected chi connectivity index (χ2v) is 9.07. The number of fused-ring (bicyclic) bond motifs is 1. The SMILES string of the molecule is Cc1cc(NS(=O)(=O)c2ccc3ncsc3c2)ccc1OC1CCOCC1. The van der Waals surface area contributed by atoms with Gasteiger partial charge in [-0.1, -0.05) is 0 Å². The molecule has 2 aromatic carbocycles. The van der Waals surface area contributed by atoms with Crippen molar-refractivity contribution < 1.29 is 17.9 Å². The Bertz CT molecular complexity index is 1060. The first-order chi connectivity index (χ1) is 13.0. The van der Waals surface area contributed by atoms with Gasteiger partial charge in [0.2, 0.25) is 0 Å². The van der Waals surface area contributed by atoms with Gasteiger partial charge in [-0.05, 0) is 48.9 Å². The summed E-state index contributed by atoms with van der Waals surface area (Å²) in [5.74, 6) is 0.774. The molecular formula is C19H20N2O4S2. The van der Waals surface area contributed by atoms with Gasteiger partial charge in [0.15, 0.2) is 0 Å². The second-order valence-electron chi connectivity index (χ2n) is 6.50. The molecule has 2 heterocycles. The van der Waals surface area contributed by atoms with Crippen LogP contribution in [0.25, 0.3) is 10.2 Å². The van der Waals surface area contributed by atoms with E-state index in [2.05, 4.69) is 9.71 Å². The third-order valence-corrected chi connectivity index (χ3v) is 6.67. The van der Waals surface area contributed by atoms with Crippen LogP contribution in [0, 0.1) is 6.92 Å². The topological polar surface area (TPSA) is 77.5 Å². The van der Waals surface area contributed by atoms with E-state index in [1.54, 1.807) is 35.8 Å². The van der Waals surface area contributed by atoms with Crippen LogP contribution in [-0.2, 0) is 14.8 Å². The molecule has 1 aliphatic rings. The van der Waals surface area contributed by atoms with E-state index in [1.807, 2.05) is 13.0 Å². The quantitative estimate of drug-likeness (QED) is 0.696. The number of rotatable bonds is 5. The summed E-state index contributed by atoms with van der Waals surface area (Å²) in [6.45, 7) is 3.34. The Morgan fingerprint density at radius 2 is 2.00 bits per heavy atom. The number of anilines is 1. The molecule has 1 aliphatic heterocycles. The van der Waals surface area contributed by atoms with Gasteiger partial charge >= 0.3 is 0 Å². The lowest BCUT2D eigenvalue weighted by atomic mass is 10.1. The number of thiazole rings is 1. The summed E-state index contributed by atoms with van der Waals surface area (Å²) >= 11 is 1.42. The Morgan fingerprint density at radius 1 is 1.19 bits per heavy atom. The fraction of sp³-hybridized carbons (Fsp3) is 0.316. The Kier molecular flexibility index (Phi) is 5.03. The van der Waals surface area contributed by atoms with Crippen LogP contribution < -0.4 is 9.46 Å². The molecule has 0 atom stereocenters. The number of benzene rings is 2. The van der Waals surface area contributed by atoms with Crippen molar-refractivity contribution in [3.8, 4) is 5.75 Å².